The number of nitrogens with zero attached hydrogens (tertiary/aromatic N) is 2. The molecule has 36 heavy (non-hydrogen) atoms. The molecule has 0 spiro atoms. The van der Waals surface area contributed by atoms with Crippen LogP contribution in [0.1, 0.15) is 44.4 Å². The maximum Gasteiger partial charge on any atom is 0.349 e. The van der Waals surface area contributed by atoms with Gasteiger partial charge in [-0.1, -0.05) is 119 Å². The van der Waals surface area contributed by atoms with Gasteiger partial charge in [-0.05, 0) is 22.8 Å². The predicted molar refractivity (Wildman–Crippen MR) is 147 cm³/mol. The van der Waals surface area contributed by atoms with Gasteiger partial charge in [0.1, 0.15) is 11.4 Å². The highest BCUT2D eigenvalue weighted by Gasteiger charge is 2.38. The minimum Gasteiger partial charge on any atom is -0.389 e. The average Bonchev–Trinajstić information content (AvgIpc) is 2.95. The number of hydrogen-bond donors (Lipinski definition) is 2. The molecule has 6 heteroatoms. The third-order valence-corrected chi connectivity index (χ3v) is 5.34. The number of hydrogen-bond acceptors (Lipinski definition) is 5. The quantitative estimate of drug-likeness (QED) is 0.331. The fourth-order valence-corrected chi connectivity index (χ4v) is 3.85. The van der Waals surface area contributed by atoms with Crippen molar-refractivity contribution in [2.24, 2.45) is 0 Å². The molecule has 1 atom stereocenters. The molecular weight excluding hydrogens is 450 g/mol. The zero-order chi connectivity index (χ0) is 26.4. The van der Waals surface area contributed by atoms with Crippen LogP contribution in [-0.4, -0.2) is 27.4 Å². The van der Waals surface area contributed by atoms with Crippen LogP contribution in [-0.2, 0) is 16.9 Å². The van der Waals surface area contributed by atoms with Gasteiger partial charge in [0, 0.05) is 6.20 Å². The van der Waals surface area contributed by atoms with Gasteiger partial charge in [-0.2, -0.15) is 4.98 Å². The Morgan fingerprint density at radius 2 is 1.22 bits per heavy atom. The van der Waals surface area contributed by atoms with Gasteiger partial charge < -0.3 is 15.6 Å². The first-order valence-corrected chi connectivity index (χ1v) is 12.4. The van der Waals surface area contributed by atoms with Crippen LogP contribution in [0.4, 0.5) is 5.82 Å². The number of aliphatic hydroxyl groups is 1. The smallest absolute Gasteiger partial charge is 0.349 e. The predicted octanol–water partition coefficient (Wildman–Crippen LogP) is 5.25. The van der Waals surface area contributed by atoms with E-state index in [4.69, 9.17) is 10.5 Å². The van der Waals surface area contributed by atoms with Crippen molar-refractivity contribution in [2.45, 2.75) is 45.9 Å². The van der Waals surface area contributed by atoms with Gasteiger partial charge in [0.15, 0.2) is 0 Å². The molecule has 1 aromatic heterocycles. The van der Waals surface area contributed by atoms with Crippen LogP contribution in [0.3, 0.4) is 0 Å². The van der Waals surface area contributed by atoms with E-state index < -0.39 is 17.4 Å². The zero-order valence-corrected chi connectivity index (χ0v) is 21.5. The van der Waals surface area contributed by atoms with E-state index in [2.05, 4.69) is 4.98 Å². The molecule has 0 aliphatic carbocycles. The van der Waals surface area contributed by atoms with E-state index in [-0.39, 0.29) is 19.0 Å². The van der Waals surface area contributed by atoms with Crippen LogP contribution in [0, 0.1) is 0 Å². The number of anilines is 1. The first kappa shape index (κ1) is 28.5. The Bertz CT molecular complexity index is 1100. The van der Waals surface area contributed by atoms with Crippen molar-refractivity contribution >= 4 is 5.82 Å². The Labute approximate surface area is 214 Å². The molecule has 0 bridgehead atoms. The Morgan fingerprint density at radius 1 is 0.806 bits per heavy atom. The second-order valence-electron chi connectivity index (χ2n) is 7.53. The SMILES string of the molecule is CC.CC.Nc1ccn(CC(O)COC(c2ccccc2)(c2ccccc2)c2ccccc2)c(=O)n1. The molecule has 3 N–H and O–H groups in total. The lowest BCUT2D eigenvalue weighted by Gasteiger charge is -2.36. The fraction of sp³-hybridized carbons (Fsp3) is 0.267. The van der Waals surface area contributed by atoms with Gasteiger partial charge >= 0.3 is 5.69 Å². The van der Waals surface area contributed by atoms with Crippen LogP contribution in [0.5, 0.6) is 0 Å². The van der Waals surface area contributed by atoms with Crippen LogP contribution >= 0.6 is 0 Å². The van der Waals surface area contributed by atoms with Crippen molar-refractivity contribution in [2.75, 3.05) is 12.3 Å². The Hall–Kier alpha value is -3.74. The normalized spacial score (nSPS) is 11.4. The van der Waals surface area contributed by atoms with Crippen molar-refractivity contribution in [3.63, 3.8) is 0 Å². The van der Waals surface area contributed by atoms with Gasteiger partial charge in [-0.15, -0.1) is 0 Å². The highest BCUT2D eigenvalue weighted by molar-refractivity contribution is 5.47. The summed E-state index contributed by atoms with van der Waals surface area (Å²) in [5, 5.41) is 10.8. The first-order valence-electron chi connectivity index (χ1n) is 12.4. The summed E-state index contributed by atoms with van der Waals surface area (Å²) in [7, 11) is 0. The Morgan fingerprint density at radius 3 is 1.61 bits per heavy atom. The number of rotatable bonds is 8. The summed E-state index contributed by atoms with van der Waals surface area (Å²) in [6.45, 7) is 8.04. The number of nitrogen functional groups attached to an aromatic ring is 1. The van der Waals surface area contributed by atoms with Crippen molar-refractivity contribution in [1.82, 2.24) is 9.55 Å². The third-order valence-electron chi connectivity index (χ3n) is 5.34. The molecule has 4 aromatic rings. The number of aromatic nitrogens is 2. The number of benzene rings is 3. The van der Waals surface area contributed by atoms with Crippen LogP contribution in [0.15, 0.2) is 108 Å². The molecular formula is C30H37N3O3. The van der Waals surface area contributed by atoms with E-state index in [9.17, 15) is 9.90 Å². The molecule has 0 aliphatic rings. The molecule has 0 aliphatic heterocycles. The Kier molecular flexibility index (Phi) is 11.6. The number of ether oxygens (including phenoxy) is 1. The second-order valence-corrected chi connectivity index (χ2v) is 7.53. The molecule has 190 valence electrons. The van der Waals surface area contributed by atoms with Crippen LogP contribution < -0.4 is 11.4 Å². The molecule has 0 radical (unpaired) electrons. The lowest BCUT2D eigenvalue weighted by atomic mass is 9.80. The maximum atomic E-state index is 12.1. The maximum absolute atomic E-state index is 12.1. The summed E-state index contributed by atoms with van der Waals surface area (Å²) in [5.41, 5.74) is 6.93. The van der Waals surface area contributed by atoms with Crippen LogP contribution in [0.2, 0.25) is 0 Å². The Balaban J connectivity index is 0.00000109. The summed E-state index contributed by atoms with van der Waals surface area (Å²) in [6, 6.07) is 31.3. The summed E-state index contributed by atoms with van der Waals surface area (Å²) in [4.78, 5) is 15.8. The standard InChI is InChI=1S/C26H25N3O3.2C2H6/c27-24-16-17-29(25(31)28-24)18-23(30)19-32-26(20-10-4-1-5-11-20,21-12-6-2-7-13-21)22-14-8-3-9-15-22;2*1-2/h1-17,23,30H,18-19H2,(H2,27,28,31);2*1-2H3. The second kappa shape index (κ2) is 14.6. The molecule has 0 saturated heterocycles. The van der Waals surface area contributed by atoms with E-state index in [1.165, 1.54) is 16.8 Å². The minimum absolute atomic E-state index is 0.00446. The van der Waals surface area contributed by atoms with E-state index in [1.807, 2.05) is 119 Å². The van der Waals surface area contributed by atoms with E-state index in [0.717, 1.165) is 16.7 Å². The summed E-state index contributed by atoms with van der Waals surface area (Å²) in [6.07, 6.45) is 0.584. The van der Waals surface area contributed by atoms with Gasteiger partial charge in [0.2, 0.25) is 0 Å². The van der Waals surface area contributed by atoms with E-state index >= 15 is 0 Å². The summed E-state index contributed by atoms with van der Waals surface area (Å²) < 4.78 is 7.89. The van der Waals surface area contributed by atoms with Crippen molar-refractivity contribution in [3.05, 3.63) is 130 Å². The summed E-state index contributed by atoms with van der Waals surface area (Å²) in [5.74, 6) is 0.147. The number of nitrogens with two attached hydrogens (primary N) is 1. The number of aliphatic hydroxyl groups excluding tert-OH is 1. The van der Waals surface area contributed by atoms with Gasteiger partial charge in [-0.25, -0.2) is 4.79 Å². The van der Waals surface area contributed by atoms with E-state index in [0.29, 0.717) is 0 Å². The summed E-state index contributed by atoms with van der Waals surface area (Å²) >= 11 is 0. The largest absolute Gasteiger partial charge is 0.389 e. The zero-order valence-electron chi connectivity index (χ0n) is 21.5. The molecule has 1 unspecified atom stereocenters. The van der Waals surface area contributed by atoms with Crippen molar-refractivity contribution < 1.29 is 9.84 Å². The van der Waals surface area contributed by atoms with Gasteiger partial charge in [-0.3, -0.25) is 4.57 Å². The highest BCUT2D eigenvalue weighted by Crippen LogP contribution is 2.40. The molecule has 4 rings (SSSR count). The van der Waals surface area contributed by atoms with E-state index in [1.54, 1.807) is 0 Å². The average molecular weight is 488 g/mol. The topological polar surface area (TPSA) is 90.4 Å². The molecule has 0 amide bonds. The fourth-order valence-electron chi connectivity index (χ4n) is 3.85. The lowest BCUT2D eigenvalue weighted by Crippen LogP contribution is -2.37. The third kappa shape index (κ3) is 6.90. The molecule has 0 fully saturated rings. The highest BCUT2D eigenvalue weighted by atomic mass is 16.5. The lowest BCUT2D eigenvalue weighted by molar-refractivity contribution is -0.0426. The van der Waals surface area contributed by atoms with Crippen LogP contribution in [0.25, 0.3) is 0 Å². The van der Waals surface area contributed by atoms with Gasteiger partial charge in [0.25, 0.3) is 0 Å². The molecule has 0 saturated carbocycles. The van der Waals surface area contributed by atoms with Gasteiger partial charge in [0.05, 0.1) is 19.3 Å². The molecule has 6 nitrogen and oxygen atoms in total. The molecule has 1 heterocycles. The van der Waals surface area contributed by atoms with Crippen molar-refractivity contribution in [3.8, 4) is 0 Å². The minimum atomic E-state index is -0.936. The monoisotopic (exact) mass is 487 g/mol. The molecule has 3 aromatic carbocycles. The first-order chi connectivity index (χ1) is 17.6. The van der Waals surface area contributed by atoms with Crippen molar-refractivity contribution in [1.29, 1.82) is 0 Å².